The number of fused-ring (bicyclic) bond motifs is 5. The lowest BCUT2D eigenvalue weighted by Gasteiger charge is -2.26. The summed E-state index contributed by atoms with van der Waals surface area (Å²) >= 11 is 8.13. The molecule has 0 spiro atoms. The molecule has 0 amide bonds. The zero-order valence-electron chi connectivity index (χ0n) is 21.7. The number of nitrogens with zero attached hydrogens (tertiary/aromatic N) is 6. The van der Waals surface area contributed by atoms with Gasteiger partial charge in [0.1, 0.15) is 42.4 Å². The van der Waals surface area contributed by atoms with Crippen molar-refractivity contribution in [3.8, 4) is 0 Å². The second-order valence-corrected chi connectivity index (χ2v) is 15.7. The lowest BCUT2D eigenvalue weighted by molar-refractivity contribution is -0.0567. The molecule has 10 unspecified atom stereocenters. The van der Waals surface area contributed by atoms with Crippen molar-refractivity contribution in [3.63, 3.8) is 0 Å². The monoisotopic (exact) mass is 675 g/mol. The predicted octanol–water partition coefficient (Wildman–Crippen LogP) is 2.85. The fourth-order valence-corrected chi connectivity index (χ4v) is 8.25. The molecule has 230 valence electrons. The molecular weight excluding hydrogens is 651 g/mol. The molecule has 3 aromatic heterocycles. The molecule has 0 radical (unpaired) electrons. The number of alkyl halides is 1. The second-order valence-electron chi connectivity index (χ2n) is 9.96. The highest BCUT2D eigenvalue weighted by Crippen LogP contribution is 2.60. The second kappa shape index (κ2) is 11.0. The summed E-state index contributed by atoms with van der Waals surface area (Å²) in [4.78, 5) is 16.4. The fourth-order valence-electron chi connectivity index (χ4n) is 5.31. The summed E-state index contributed by atoms with van der Waals surface area (Å²) in [5.74, 6) is 0.0711. The van der Waals surface area contributed by atoms with Gasteiger partial charge in [0, 0.05) is 0 Å². The van der Waals surface area contributed by atoms with Gasteiger partial charge in [0.05, 0.1) is 36.9 Å². The number of thiol groups is 2. The first kappa shape index (κ1) is 29.6. The van der Waals surface area contributed by atoms with Crippen LogP contribution in [0.25, 0.3) is 22.2 Å². The molecule has 3 N–H and O–H groups in total. The molecule has 21 heteroatoms. The summed E-state index contributed by atoms with van der Waals surface area (Å²) in [5.41, 5.74) is 7.50. The van der Waals surface area contributed by atoms with E-state index in [1.54, 1.807) is 28.8 Å². The van der Waals surface area contributed by atoms with Gasteiger partial charge in [-0.1, -0.05) is 36.6 Å². The van der Waals surface area contributed by atoms with Gasteiger partial charge in [-0.25, -0.2) is 33.5 Å². The van der Waals surface area contributed by atoms with E-state index in [4.69, 9.17) is 33.3 Å². The Balaban J connectivity index is 1.20. The van der Waals surface area contributed by atoms with Crippen LogP contribution >= 0.6 is 38.1 Å². The van der Waals surface area contributed by atoms with E-state index in [-0.39, 0.29) is 17.0 Å². The van der Waals surface area contributed by atoms with Crippen molar-refractivity contribution in [1.29, 1.82) is 0 Å². The number of rotatable bonds is 2. The molecule has 7 rings (SSSR count). The van der Waals surface area contributed by atoms with Gasteiger partial charge < -0.3 is 24.9 Å². The van der Waals surface area contributed by atoms with E-state index in [1.807, 2.05) is 0 Å². The van der Waals surface area contributed by atoms with E-state index in [0.29, 0.717) is 11.0 Å². The number of nitrogen functional groups attached to an aromatic ring is 1. The lowest BCUT2D eigenvalue weighted by atomic mass is 10.1. The third kappa shape index (κ3) is 5.40. The highest BCUT2D eigenvalue weighted by Gasteiger charge is 2.53. The van der Waals surface area contributed by atoms with Crippen LogP contribution in [-0.2, 0) is 36.7 Å². The number of aromatic nitrogens is 6. The summed E-state index contributed by atoms with van der Waals surface area (Å²) in [6.07, 6.45) is -7.38. The quantitative estimate of drug-likeness (QED) is 0.179. The average Bonchev–Trinajstić information content (AvgIpc) is 3.72. The Bertz CT molecular complexity index is 1780. The van der Waals surface area contributed by atoms with Crippen molar-refractivity contribution >= 4 is 66.1 Å². The van der Waals surface area contributed by atoms with Gasteiger partial charge in [-0.3, -0.25) is 22.7 Å². The normalized spacial score (nSPS) is 38.9. The Morgan fingerprint density at radius 1 is 0.907 bits per heavy atom. The van der Waals surface area contributed by atoms with Gasteiger partial charge in [-0.2, -0.15) is 0 Å². The van der Waals surface area contributed by atoms with E-state index < -0.39 is 76.0 Å². The molecule has 0 aliphatic carbocycles. The summed E-state index contributed by atoms with van der Waals surface area (Å²) in [6.45, 7) is -9.71. The zero-order valence-corrected chi connectivity index (χ0v) is 25.3. The lowest BCUT2D eigenvalue weighted by Crippen LogP contribution is -2.35. The number of halogens is 1. The number of hydrogen-bond donors (Lipinski definition) is 4. The van der Waals surface area contributed by atoms with Crippen LogP contribution in [0.2, 0.25) is 0 Å². The number of aliphatic hydroxyl groups excluding tert-OH is 1. The first-order valence-electron chi connectivity index (χ1n) is 12.8. The van der Waals surface area contributed by atoms with Crippen LogP contribution in [0.3, 0.4) is 0 Å². The maximum Gasteiger partial charge on any atom is 0.386 e. The largest absolute Gasteiger partial charge is 0.387 e. The maximum absolute atomic E-state index is 16.0. The molecule has 43 heavy (non-hydrogen) atoms. The van der Waals surface area contributed by atoms with Crippen molar-refractivity contribution in [2.24, 2.45) is 0 Å². The molecular formula is C22H24FN7O9P2S2. The molecule has 6 heterocycles. The number of benzene rings is 1. The average molecular weight is 676 g/mol. The number of aliphatic hydroxyl groups is 1. The van der Waals surface area contributed by atoms with Crippen molar-refractivity contribution in [3.05, 3.63) is 43.2 Å². The Morgan fingerprint density at radius 3 is 2.37 bits per heavy atom. The minimum Gasteiger partial charge on any atom is -0.387 e. The number of imidazole rings is 2. The summed E-state index contributed by atoms with van der Waals surface area (Å²) < 4.78 is 79.8. The SMILES string of the molecule is Nc1ncnc2c1ncn2C1OC2COP(=O)(S)OC3C(O)C(COP(=O)(S)OC2C1F)OC3n1cnc2ccccc21. The molecule has 10 atom stereocenters. The predicted molar refractivity (Wildman–Crippen MR) is 153 cm³/mol. The van der Waals surface area contributed by atoms with E-state index in [0.717, 1.165) is 0 Å². The smallest absolute Gasteiger partial charge is 0.386 e. The highest BCUT2D eigenvalue weighted by molar-refractivity contribution is 8.44. The summed E-state index contributed by atoms with van der Waals surface area (Å²) in [7, 11) is 0. The number of nitrogens with two attached hydrogens (primary N) is 1. The van der Waals surface area contributed by atoms with E-state index in [9.17, 15) is 14.2 Å². The van der Waals surface area contributed by atoms with Crippen LogP contribution in [0.1, 0.15) is 12.5 Å². The van der Waals surface area contributed by atoms with Gasteiger partial charge in [-0.05, 0) is 12.1 Å². The standard InChI is InChI=1S/C22H24FN7O9P2S2/c23-14-17-13(37-21(14)30-9-28-15-19(24)25-7-26-20(15)30)6-35-41(33,43)39-18-16(31)12(5-34-40(32,42)38-17)36-22(18)29-8-27-10-3-1-2-4-11(10)29/h1-4,7-9,12-14,16-18,21-22,31H,5-6H2,(H,32,42)(H,33,43)(H2,24,25,26). The third-order valence-corrected chi connectivity index (χ3v) is 10.5. The molecule has 0 saturated carbocycles. The molecule has 3 aliphatic heterocycles. The van der Waals surface area contributed by atoms with Gasteiger partial charge in [0.15, 0.2) is 30.1 Å². The number of ether oxygens (including phenoxy) is 2. The Kier molecular flexibility index (Phi) is 7.58. The molecule has 3 fully saturated rings. The number of anilines is 1. The molecule has 3 aliphatic rings. The zero-order chi connectivity index (χ0) is 30.1. The molecule has 16 nitrogen and oxygen atoms in total. The van der Waals surface area contributed by atoms with Gasteiger partial charge in [0.2, 0.25) is 0 Å². The van der Waals surface area contributed by atoms with E-state index in [1.165, 1.54) is 23.5 Å². The third-order valence-electron chi connectivity index (χ3n) is 7.31. The van der Waals surface area contributed by atoms with E-state index in [2.05, 4.69) is 44.4 Å². The van der Waals surface area contributed by atoms with Crippen LogP contribution in [0, 0.1) is 0 Å². The van der Waals surface area contributed by atoms with Crippen molar-refractivity contribution in [1.82, 2.24) is 29.1 Å². The van der Waals surface area contributed by atoms with E-state index >= 15 is 4.39 Å². The Morgan fingerprint density at radius 2 is 1.58 bits per heavy atom. The van der Waals surface area contributed by atoms with Crippen molar-refractivity contribution < 1.29 is 46.2 Å². The van der Waals surface area contributed by atoms with Crippen molar-refractivity contribution in [2.75, 3.05) is 18.9 Å². The molecule has 1 aromatic carbocycles. The molecule has 3 saturated heterocycles. The topological polar surface area (TPSA) is 197 Å². The first-order chi connectivity index (χ1) is 20.5. The Labute approximate surface area is 252 Å². The van der Waals surface area contributed by atoms with Crippen molar-refractivity contribution in [2.45, 2.75) is 49.1 Å². The van der Waals surface area contributed by atoms with Crippen LogP contribution in [0.4, 0.5) is 10.2 Å². The Hall–Kier alpha value is -2.15. The van der Waals surface area contributed by atoms with Gasteiger partial charge in [0.25, 0.3) is 0 Å². The van der Waals surface area contributed by atoms with Gasteiger partial charge in [-0.15, -0.1) is 0 Å². The summed E-state index contributed by atoms with van der Waals surface area (Å²) in [6, 6.07) is 7.14. The van der Waals surface area contributed by atoms with Gasteiger partial charge >= 0.3 is 13.6 Å². The molecule has 2 bridgehead atoms. The molecule has 4 aromatic rings. The van der Waals surface area contributed by atoms with Crippen LogP contribution in [0.5, 0.6) is 0 Å². The minimum absolute atomic E-state index is 0.0711. The number of para-hydroxylation sites is 2. The maximum atomic E-state index is 16.0. The summed E-state index contributed by atoms with van der Waals surface area (Å²) in [5, 5.41) is 11.1. The van der Waals surface area contributed by atoms with Crippen LogP contribution in [-0.4, -0.2) is 84.1 Å². The highest BCUT2D eigenvalue weighted by atomic mass is 32.7. The fraction of sp³-hybridized carbons (Fsp3) is 0.455. The first-order valence-corrected chi connectivity index (χ1v) is 18.2. The van der Waals surface area contributed by atoms with Crippen LogP contribution < -0.4 is 5.73 Å². The minimum atomic E-state index is -4.32. The van der Waals surface area contributed by atoms with Crippen LogP contribution in [0.15, 0.2) is 43.2 Å². The number of hydrogen-bond acceptors (Lipinski definition) is 14.